The van der Waals surface area contributed by atoms with E-state index in [0.29, 0.717) is 15.7 Å². The van der Waals surface area contributed by atoms with Crippen LogP contribution in [0.15, 0.2) is 36.4 Å². The summed E-state index contributed by atoms with van der Waals surface area (Å²) in [6, 6.07) is 9.01. The third-order valence-electron chi connectivity index (χ3n) is 2.09. The van der Waals surface area contributed by atoms with Crippen molar-refractivity contribution in [1.29, 1.82) is 0 Å². The lowest BCUT2D eigenvalue weighted by Crippen LogP contribution is -1.92. The zero-order valence-corrected chi connectivity index (χ0v) is 10.1. The van der Waals surface area contributed by atoms with E-state index in [1.54, 1.807) is 18.2 Å². The van der Waals surface area contributed by atoms with Gasteiger partial charge in [-0.15, -0.1) is 0 Å². The topological polar surface area (TPSA) is 35.2 Å². The van der Waals surface area contributed by atoms with Crippen LogP contribution in [-0.2, 0) is 0 Å². The Kier molecular flexibility index (Phi) is 3.41. The standard InChI is InChI=1S/C12H8Cl2FNO/c13-8-2-1-3-9(14)12(8)17-11-5-4-7(16)6-10(11)15/h1-6H,16H2. The molecule has 0 aliphatic carbocycles. The molecule has 88 valence electrons. The van der Waals surface area contributed by atoms with Crippen molar-refractivity contribution in [2.24, 2.45) is 0 Å². The van der Waals surface area contributed by atoms with Crippen molar-refractivity contribution < 1.29 is 9.13 Å². The number of nitrogens with two attached hydrogens (primary N) is 1. The fourth-order valence-corrected chi connectivity index (χ4v) is 1.76. The minimum atomic E-state index is -0.569. The van der Waals surface area contributed by atoms with E-state index >= 15 is 0 Å². The summed E-state index contributed by atoms with van der Waals surface area (Å²) in [5.74, 6) is -0.324. The van der Waals surface area contributed by atoms with Crippen molar-refractivity contribution in [3.8, 4) is 11.5 Å². The van der Waals surface area contributed by atoms with Crippen LogP contribution in [0.25, 0.3) is 0 Å². The predicted molar refractivity (Wildman–Crippen MR) is 67.3 cm³/mol. The third kappa shape index (κ3) is 2.62. The van der Waals surface area contributed by atoms with Crippen LogP contribution in [0.4, 0.5) is 10.1 Å². The zero-order valence-electron chi connectivity index (χ0n) is 8.58. The third-order valence-corrected chi connectivity index (χ3v) is 2.68. The molecule has 0 atom stereocenters. The molecular formula is C12H8Cl2FNO. The second kappa shape index (κ2) is 4.82. The number of rotatable bonds is 2. The highest BCUT2D eigenvalue weighted by Crippen LogP contribution is 2.36. The Balaban J connectivity index is 2.38. The van der Waals surface area contributed by atoms with Gasteiger partial charge >= 0.3 is 0 Å². The van der Waals surface area contributed by atoms with Crippen LogP contribution >= 0.6 is 23.2 Å². The molecule has 2 rings (SSSR count). The van der Waals surface area contributed by atoms with Crippen molar-refractivity contribution in [1.82, 2.24) is 0 Å². The van der Waals surface area contributed by atoms with Crippen LogP contribution in [0.2, 0.25) is 10.0 Å². The minimum absolute atomic E-state index is 0.0224. The van der Waals surface area contributed by atoms with Crippen LogP contribution in [0.5, 0.6) is 11.5 Å². The van der Waals surface area contributed by atoms with Gasteiger partial charge in [0.05, 0.1) is 10.0 Å². The largest absolute Gasteiger partial charge is 0.451 e. The van der Waals surface area contributed by atoms with Gasteiger partial charge in [0.1, 0.15) is 0 Å². The molecule has 0 aromatic heterocycles. The first-order valence-electron chi connectivity index (χ1n) is 4.75. The Morgan fingerprint density at radius 1 is 1.06 bits per heavy atom. The first-order chi connectivity index (χ1) is 8.08. The van der Waals surface area contributed by atoms with E-state index in [9.17, 15) is 4.39 Å². The van der Waals surface area contributed by atoms with Crippen LogP contribution in [0.1, 0.15) is 0 Å². The smallest absolute Gasteiger partial charge is 0.167 e. The van der Waals surface area contributed by atoms with Gasteiger partial charge in [-0.1, -0.05) is 29.3 Å². The lowest BCUT2D eigenvalue weighted by Gasteiger charge is -2.10. The number of halogens is 3. The maximum Gasteiger partial charge on any atom is 0.167 e. The van der Waals surface area contributed by atoms with Gasteiger partial charge in [-0.2, -0.15) is 0 Å². The average molecular weight is 272 g/mol. The molecule has 0 unspecified atom stereocenters. The molecule has 2 nitrogen and oxygen atoms in total. The first kappa shape index (κ1) is 12.0. The molecule has 0 aliphatic rings. The SMILES string of the molecule is Nc1ccc(Oc2c(Cl)cccc2Cl)c(F)c1. The Bertz CT molecular complexity index is 540. The highest BCUT2D eigenvalue weighted by molar-refractivity contribution is 6.37. The maximum absolute atomic E-state index is 13.5. The van der Waals surface area contributed by atoms with E-state index in [1.165, 1.54) is 18.2 Å². The van der Waals surface area contributed by atoms with Crippen molar-refractivity contribution in [3.63, 3.8) is 0 Å². The molecule has 0 spiro atoms. The summed E-state index contributed by atoms with van der Waals surface area (Å²) in [4.78, 5) is 0. The average Bonchev–Trinajstić information content (AvgIpc) is 2.26. The fraction of sp³-hybridized carbons (Fsp3) is 0. The highest BCUT2D eigenvalue weighted by atomic mass is 35.5. The second-order valence-electron chi connectivity index (χ2n) is 3.34. The molecule has 0 saturated carbocycles. The van der Waals surface area contributed by atoms with Gasteiger partial charge in [0, 0.05) is 11.8 Å². The Labute approximate surface area is 108 Å². The Morgan fingerprint density at radius 2 is 1.71 bits per heavy atom. The minimum Gasteiger partial charge on any atom is -0.451 e. The summed E-state index contributed by atoms with van der Waals surface area (Å²) in [5, 5.41) is 0.627. The second-order valence-corrected chi connectivity index (χ2v) is 4.16. The van der Waals surface area contributed by atoms with Crippen molar-refractivity contribution in [3.05, 3.63) is 52.3 Å². The fourth-order valence-electron chi connectivity index (χ4n) is 1.29. The molecule has 0 aliphatic heterocycles. The van der Waals surface area contributed by atoms with Gasteiger partial charge in [-0.3, -0.25) is 0 Å². The van der Waals surface area contributed by atoms with E-state index in [2.05, 4.69) is 0 Å². The van der Waals surface area contributed by atoms with Crippen LogP contribution in [0, 0.1) is 5.82 Å². The lowest BCUT2D eigenvalue weighted by molar-refractivity contribution is 0.443. The lowest BCUT2D eigenvalue weighted by atomic mass is 10.3. The molecule has 17 heavy (non-hydrogen) atoms. The molecule has 5 heteroatoms. The summed E-state index contributed by atoms with van der Waals surface area (Å²) < 4.78 is 18.8. The number of benzene rings is 2. The van der Waals surface area contributed by atoms with Gasteiger partial charge in [0.15, 0.2) is 17.3 Å². The number of hydrogen-bond acceptors (Lipinski definition) is 2. The monoisotopic (exact) mass is 271 g/mol. The molecular weight excluding hydrogens is 264 g/mol. The number of hydrogen-bond donors (Lipinski definition) is 1. The molecule has 2 aromatic carbocycles. The van der Waals surface area contributed by atoms with E-state index < -0.39 is 5.82 Å². The van der Waals surface area contributed by atoms with Gasteiger partial charge < -0.3 is 10.5 Å². The van der Waals surface area contributed by atoms with Crippen LogP contribution < -0.4 is 10.5 Å². The zero-order chi connectivity index (χ0) is 12.4. The summed E-state index contributed by atoms with van der Waals surface area (Å²) in [6.45, 7) is 0. The van der Waals surface area contributed by atoms with Gasteiger partial charge in [-0.05, 0) is 24.3 Å². The van der Waals surface area contributed by atoms with E-state index in [0.717, 1.165) is 0 Å². The molecule has 0 fully saturated rings. The molecule has 0 amide bonds. The van der Waals surface area contributed by atoms with Gasteiger partial charge in [-0.25, -0.2) is 4.39 Å². The van der Waals surface area contributed by atoms with E-state index in [4.69, 9.17) is 33.7 Å². The number of ether oxygens (including phenoxy) is 1. The molecule has 0 bridgehead atoms. The van der Waals surface area contributed by atoms with E-state index in [1.807, 2.05) is 0 Å². The molecule has 2 aromatic rings. The normalized spacial score (nSPS) is 10.3. The number of para-hydroxylation sites is 1. The predicted octanol–water partition coefficient (Wildman–Crippen LogP) is 4.51. The summed E-state index contributed by atoms with van der Waals surface area (Å²) in [7, 11) is 0. The van der Waals surface area contributed by atoms with Crippen LogP contribution in [0.3, 0.4) is 0 Å². The molecule has 2 N–H and O–H groups in total. The summed E-state index contributed by atoms with van der Waals surface area (Å²) in [5.41, 5.74) is 5.75. The van der Waals surface area contributed by atoms with Crippen molar-refractivity contribution >= 4 is 28.9 Å². The molecule has 0 saturated heterocycles. The van der Waals surface area contributed by atoms with E-state index in [-0.39, 0.29) is 11.5 Å². The van der Waals surface area contributed by atoms with Gasteiger partial charge in [0.2, 0.25) is 0 Å². The van der Waals surface area contributed by atoms with Crippen molar-refractivity contribution in [2.75, 3.05) is 5.73 Å². The first-order valence-corrected chi connectivity index (χ1v) is 5.50. The van der Waals surface area contributed by atoms with Crippen molar-refractivity contribution in [2.45, 2.75) is 0 Å². The molecule has 0 heterocycles. The Morgan fingerprint density at radius 3 is 2.29 bits per heavy atom. The van der Waals surface area contributed by atoms with Gasteiger partial charge in [0.25, 0.3) is 0 Å². The molecule has 0 radical (unpaired) electrons. The number of anilines is 1. The Hall–Kier alpha value is -1.45. The van der Waals surface area contributed by atoms with Crippen LogP contribution in [-0.4, -0.2) is 0 Å². The maximum atomic E-state index is 13.5. The number of nitrogen functional groups attached to an aromatic ring is 1. The highest BCUT2D eigenvalue weighted by Gasteiger charge is 2.11. The summed E-state index contributed by atoms with van der Waals surface area (Å²) >= 11 is 11.8. The summed E-state index contributed by atoms with van der Waals surface area (Å²) in [6.07, 6.45) is 0. The quantitative estimate of drug-likeness (QED) is 0.816.